The Morgan fingerprint density at radius 1 is 1.36 bits per heavy atom. The minimum Gasteiger partial charge on any atom is -0.284 e. The zero-order valence-electron chi connectivity index (χ0n) is 6.10. The summed E-state index contributed by atoms with van der Waals surface area (Å²) in [7, 11) is 0. The molecule has 11 heavy (non-hydrogen) atoms. The van der Waals surface area contributed by atoms with Gasteiger partial charge in [-0.15, -0.1) is 0 Å². The van der Waals surface area contributed by atoms with E-state index in [1.54, 1.807) is 24.3 Å². The molecule has 2 heterocycles. The second kappa shape index (κ2) is 3.09. The zero-order chi connectivity index (χ0) is 7.52. The molecule has 0 amide bonds. The van der Waals surface area contributed by atoms with E-state index in [1.165, 1.54) is 12.2 Å². The summed E-state index contributed by atoms with van der Waals surface area (Å²) in [5.74, 6) is 2.04. The molecule has 0 spiro atoms. The molecule has 1 aromatic rings. The van der Waals surface area contributed by atoms with Crippen molar-refractivity contribution in [2.45, 2.75) is 6.42 Å². The molecule has 3 nitrogen and oxygen atoms in total. The highest BCUT2D eigenvalue weighted by Crippen LogP contribution is 2.23. The third kappa shape index (κ3) is 1.45. The van der Waals surface area contributed by atoms with Crippen LogP contribution in [0, 0.1) is 0 Å². The van der Waals surface area contributed by atoms with Gasteiger partial charge in [-0.1, -0.05) is 0 Å². The first-order valence-corrected chi connectivity index (χ1v) is 4.58. The van der Waals surface area contributed by atoms with Gasteiger partial charge in [0, 0.05) is 24.7 Å². The van der Waals surface area contributed by atoms with Crippen LogP contribution in [0.1, 0.15) is 6.42 Å². The van der Waals surface area contributed by atoms with Crippen LogP contribution in [0.2, 0.25) is 0 Å². The van der Waals surface area contributed by atoms with Gasteiger partial charge < -0.3 is 0 Å². The summed E-state index contributed by atoms with van der Waals surface area (Å²) in [6.45, 7) is 1.08. The molecule has 0 saturated carbocycles. The minimum absolute atomic E-state index is 0.843. The fourth-order valence-electron chi connectivity index (χ4n) is 1.03. The Kier molecular flexibility index (Phi) is 1.94. The Bertz CT molecular complexity index is 220. The predicted octanol–water partition coefficient (Wildman–Crippen LogP) is 1.33. The molecule has 1 aromatic heterocycles. The maximum Gasteiger partial charge on any atom is 0.235 e. The Morgan fingerprint density at radius 3 is 2.82 bits per heavy atom. The first kappa shape index (κ1) is 6.91. The molecule has 0 bridgehead atoms. The quantitative estimate of drug-likeness (QED) is 0.590. The second-order valence-electron chi connectivity index (χ2n) is 2.34. The van der Waals surface area contributed by atoms with Gasteiger partial charge in [0.2, 0.25) is 5.95 Å². The van der Waals surface area contributed by atoms with Gasteiger partial charge in [-0.25, -0.2) is 9.97 Å². The Morgan fingerprint density at radius 2 is 2.18 bits per heavy atom. The molecule has 1 aliphatic rings. The summed E-state index contributed by atoms with van der Waals surface area (Å²) in [5, 5.41) is 0. The number of nitrogens with zero attached hydrogens (tertiary/aromatic N) is 3. The summed E-state index contributed by atoms with van der Waals surface area (Å²) in [5.41, 5.74) is 0. The van der Waals surface area contributed by atoms with E-state index in [0.29, 0.717) is 0 Å². The van der Waals surface area contributed by atoms with Gasteiger partial charge in [-0.3, -0.25) is 4.31 Å². The van der Waals surface area contributed by atoms with Gasteiger partial charge in [0.25, 0.3) is 0 Å². The van der Waals surface area contributed by atoms with Crippen molar-refractivity contribution in [1.82, 2.24) is 9.97 Å². The molecule has 58 valence electrons. The van der Waals surface area contributed by atoms with Crippen molar-refractivity contribution in [3.63, 3.8) is 0 Å². The summed E-state index contributed by atoms with van der Waals surface area (Å²) < 4.78 is 2.14. The van der Waals surface area contributed by atoms with E-state index in [1.807, 2.05) is 6.07 Å². The monoisotopic (exact) mass is 167 g/mol. The van der Waals surface area contributed by atoms with E-state index >= 15 is 0 Å². The van der Waals surface area contributed by atoms with Crippen molar-refractivity contribution in [1.29, 1.82) is 0 Å². The molecule has 0 N–H and O–H groups in total. The second-order valence-corrected chi connectivity index (χ2v) is 3.44. The van der Waals surface area contributed by atoms with Crippen LogP contribution < -0.4 is 4.31 Å². The highest BCUT2D eigenvalue weighted by Gasteiger charge is 2.14. The molecule has 0 atom stereocenters. The lowest BCUT2D eigenvalue weighted by molar-refractivity contribution is 0.948. The molecular weight excluding hydrogens is 158 g/mol. The van der Waals surface area contributed by atoms with Gasteiger partial charge >= 0.3 is 0 Å². The number of hydrogen-bond acceptors (Lipinski definition) is 4. The third-order valence-corrected chi connectivity index (χ3v) is 2.66. The standard InChI is InChI=1S/C7H9N3S/c1-3-8-7(9-4-1)10-5-2-6-11-10/h1,3-4H,2,5-6H2. The van der Waals surface area contributed by atoms with E-state index in [9.17, 15) is 0 Å². The van der Waals surface area contributed by atoms with Gasteiger partial charge in [-0.2, -0.15) is 0 Å². The fraction of sp³-hybridized carbons (Fsp3) is 0.429. The van der Waals surface area contributed by atoms with Gasteiger partial charge in [0.1, 0.15) is 0 Å². The van der Waals surface area contributed by atoms with Gasteiger partial charge in [-0.05, 0) is 24.4 Å². The van der Waals surface area contributed by atoms with Crippen molar-refractivity contribution in [3.8, 4) is 0 Å². The maximum absolute atomic E-state index is 4.15. The summed E-state index contributed by atoms with van der Waals surface area (Å²) in [4.78, 5) is 8.31. The molecule has 1 aliphatic heterocycles. The van der Waals surface area contributed by atoms with Crippen LogP contribution in [0.5, 0.6) is 0 Å². The normalized spacial score (nSPS) is 17.3. The fourth-order valence-corrected chi connectivity index (χ4v) is 1.97. The maximum atomic E-state index is 4.15. The molecule has 4 heteroatoms. The topological polar surface area (TPSA) is 29.0 Å². The summed E-state index contributed by atoms with van der Waals surface area (Å²) in [6.07, 6.45) is 4.80. The molecule has 0 aliphatic carbocycles. The lowest BCUT2D eigenvalue weighted by Crippen LogP contribution is -2.11. The smallest absolute Gasteiger partial charge is 0.235 e. The van der Waals surface area contributed by atoms with Crippen LogP contribution >= 0.6 is 11.9 Å². The number of anilines is 1. The molecule has 0 aromatic carbocycles. The summed E-state index contributed by atoms with van der Waals surface area (Å²) in [6, 6.07) is 1.84. The molecule has 1 saturated heterocycles. The molecule has 1 fully saturated rings. The van der Waals surface area contributed by atoms with E-state index < -0.39 is 0 Å². The Balaban J connectivity index is 2.16. The van der Waals surface area contributed by atoms with Crippen molar-refractivity contribution >= 4 is 17.9 Å². The molecule has 0 unspecified atom stereocenters. The SMILES string of the molecule is c1cnc(N2CCCS2)nc1. The van der Waals surface area contributed by atoms with Gasteiger partial charge in [0.05, 0.1) is 0 Å². The van der Waals surface area contributed by atoms with Crippen molar-refractivity contribution in [3.05, 3.63) is 18.5 Å². The largest absolute Gasteiger partial charge is 0.284 e. The van der Waals surface area contributed by atoms with Crippen molar-refractivity contribution in [2.75, 3.05) is 16.6 Å². The van der Waals surface area contributed by atoms with E-state index in [-0.39, 0.29) is 0 Å². The number of hydrogen-bond donors (Lipinski definition) is 0. The summed E-state index contributed by atoms with van der Waals surface area (Å²) >= 11 is 1.80. The highest BCUT2D eigenvalue weighted by atomic mass is 32.2. The lowest BCUT2D eigenvalue weighted by atomic mass is 10.5. The van der Waals surface area contributed by atoms with Crippen LogP contribution in [-0.2, 0) is 0 Å². The number of aromatic nitrogens is 2. The first-order valence-electron chi connectivity index (χ1n) is 3.64. The predicted molar refractivity (Wildman–Crippen MR) is 46.5 cm³/mol. The molecule has 2 rings (SSSR count). The Labute approximate surface area is 70.0 Å². The Hall–Kier alpha value is -0.770. The van der Waals surface area contributed by atoms with Crippen LogP contribution in [0.4, 0.5) is 5.95 Å². The van der Waals surface area contributed by atoms with Crippen LogP contribution in [0.3, 0.4) is 0 Å². The van der Waals surface area contributed by atoms with Crippen molar-refractivity contribution < 1.29 is 0 Å². The average molecular weight is 167 g/mol. The molecular formula is C7H9N3S. The van der Waals surface area contributed by atoms with Gasteiger partial charge in [0.15, 0.2) is 0 Å². The van der Waals surface area contributed by atoms with E-state index in [2.05, 4.69) is 14.3 Å². The van der Waals surface area contributed by atoms with Crippen LogP contribution in [-0.4, -0.2) is 22.3 Å². The molecule has 0 radical (unpaired) electrons. The highest BCUT2D eigenvalue weighted by molar-refractivity contribution is 8.00. The van der Waals surface area contributed by atoms with Crippen LogP contribution in [0.25, 0.3) is 0 Å². The van der Waals surface area contributed by atoms with E-state index in [4.69, 9.17) is 0 Å². The zero-order valence-corrected chi connectivity index (χ0v) is 6.92. The third-order valence-electron chi connectivity index (χ3n) is 1.53. The lowest BCUT2D eigenvalue weighted by Gasteiger charge is -2.11. The number of rotatable bonds is 1. The first-order chi connectivity index (χ1) is 5.47. The van der Waals surface area contributed by atoms with Crippen LogP contribution in [0.15, 0.2) is 18.5 Å². The minimum atomic E-state index is 0.843. The average Bonchev–Trinajstić information content (AvgIpc) is 2.58. The van der Waals surface area contributed by atoms with E-state index in [0.717, 1.165) is 12.5 Å². The van der Waals surface area contributed by atoms with Crippen molar-refractivity contribution in [2.24, 2.45) is 0 Å².